The fraction of sp³-hybridized carbons (Fsp3) is 0.471. The molecule has 130 valence electrons. The van der Waals surface area contributed by atoms with Crippen molar-refractivity contribution < 1.29 is 4.52 Å². The van der Waals surface area contributed by atoms with Gasteiger partial charge in [-0.3, -0.25) is 0 Å². The van der Waals surface area contributed by atoms with Crippen molar-refractivity contribution >= 4 is 17.7 Å². The molecule has 1 aromatic heterocycles. The Morgan fingerprint density at radius 3 is 2.79 bits per heavy atom. The van der Waals surface area contributed by atoms with Gasteiger partial charge in [0.15, 0.2) is 11.8 Å². The van der Waals surface area contributed by atoms with Crippen LogP contribution in [0.25, 0.3) is 0 Å². The monoisotopic (exact) mass is 347 g/mol. The zero-order valence-corrected chi connectivity index (χ0v) is 15.5. The van der Waals surface area contributed by atoms with E-state index in [4.69, 9.17) is 4.52 Å². The van der Waals surface area contributed by atoms with Gasteiger partial charge in [0.1, 0.15) is 0 Å². The lowest BCUT2D eigenvalue weighted by Gasteiger charge is -2.11. The molecule has 0 spiro atoms. The molecule has 0 atom stereocenters. The lowest BCUT2D eigenvalue weighted by atomic mass is 10.1. The van der Waals surface area contributed by atoms with Gasteiger partial charge in [0.05, 0.1) is 6.54 Å². The normalized spacial score (nSPS) is 11.6. The fourth-order valence-electron chi connectivity index (χ4n) is 2.22. The minimum atomic E-state index is 0.638. The van der Waals surface area contributed by atoms with Gasteiger partial charge in [0.25, 0.3) is 0 Å². The molecule has 1 heterocycles. The number of rotatable bonds is 7. The minimum Gasteiger partial charge on any atom is -0.357 e. The fourth-order valence-corrected chi connectivity index (χ4v) is 2.92. The van der Waals surface area contributed by atoms with E-state index in [1.807, 2.05) is 6.92 Å². The average Bonchev–Trinajstić information content (AvgIpc) is 2.98. The summed E-state index contributed by atoms with van der Waals surface area (Å²) in [7, 11) is 0. The molecule has 6 nitrogen and oxygen atoms in total. The SMILES string of the molecule is CCNC(=NCc1ccc(C)cc1SC)NCCc1nc(C)no1. The summed E-state index contributed by atoms with van der Waals surface area (Å²) in [6.45, 7) is 8.13. The van der Waals surface area contributed by atoms with Crippen molar-refractivity contribution in [1.82, 2.24) is 20.8 Å². The molecule has 0 aliphatic carbocycles. The van der Waals surface area contributed by atoms with E-state index < -0.39 is 0 Å². The van der Waals surface area contributed by atoms with Crippen molar-refractivity contribution in [2.75, 3.05) is 19.3 Å². The van der Waals surface area contributed by atoms with Gasteiger partial charge >= 0.3 is 0 Å². The molecule has 0 saturated carbocycles. The summed E-state index contributed by atoms with van der Waals surface area (Å²) in [6.07, 6.45) is 2.77. The Kier molecular flexibility index (Phi) is 7.11. The van der Waals surface area contributed by atoms with Crippen LogP contribution in [0.2, 0.25) is 0 Å². The molecule has 24 heavy (non-hydrogen) atoms. The Balaban J connectivity index is 1.94. The van der Waals surface area contributed by atoms with Gasteiger partial charge in [0.2, 0.25) is 5.89 Å². The standard InChI is InChI=1S/C17H25N5OS/c1-5-18-17(19-9-8-16-21-13(3)22-23-16)20-11-14-7-6-12(2)10-15(14)24-4/h6-7,10H,5,8-9,11H2,1-4H3,(H2,18,19,20). The Bertz CT molecular complexity index is 683. The number of hydrogen-bond acceptors (Lipinski definition) is 5. The Hall–Kier alpha value is -2.02. The maximum absolute atomic E-state index is 5.11. The summed E-state index contributed by atoms with van der Waals surface area (Å²) in [5.41, 5.74) is 2.50. The zero-order valence-electron chi connectivity index (χ0n) is 14.7. The molecule has 2 rings (SSSR count). The number of aromatic nitrogens is 2. The molecule has 7 heteroatoms. The van der Waals surface area contributed by atoms with Crippen LogP contribution in [-0.2, 0) is 13.0 Å². The molecule has 0 aliphatic rings. The van der Waals surface area contributed by atoms with Gasteiger partial charge in [-0.25, -0.2) is 4.99 Å². The predicted molar refractivity (Wildman–Crippen MR) is 98.5 cm³/mol. The van der Waals surface area contributed by atoms with Crippen LogP contribution in [0.15, 0.2) is 32.6 Å². The van der Waals surface area contributed by atoms with Crippen LogP contribution in [0.4, 0.5) is 0 Å². The Morgan fingerprint density at radius 2 is 2.12 bits per heavy atom. The third-order valence-corrected chi connectivity index (χ3v) is 4.22. The van der Waals surface area contributed by atoms with Gasteiger partial charge in [0, 0.05) is 24.4 Å². The minimum absolute atomic E-state index is 0.638. The average molecular weight is 347 g/mol. The molecule has 0 amide bonds. The van der Waals surface area contributed by atoms with Gasteiger partial charge < -0.3 is 15.2 Å². The molecule has 2 aromatic rings. The van der Waals surface area contributed by atoms with Gasteiger partial charge in [-0.15, -0.1) is 11.8 Å². The second-order valence-electron chi connectivity index (χ2n) is 5.42. The van der Waals surface area contributed by atoms with Crippen LogP contribution in [0.3, 0.4) is 0 Å². The van der Waals surface area contributed by atoms with Gasteiger partial charge in [-0.2, -0.15) is 4.98 Å². The van der Waals surface area contributed by atoms with Crippen molar-refractivity contribution in [1.29, 1.82) is 0 Å². The topological polar surface area (TPSA) is 75.3 Å². The number of thioether (sulfide) groups is 1. The largest absolute Gasteiger partial charge is 0.357 e. The van der Waals surface area contributed by atoms with E-state index in [0.717, 1.165) is 12.5 Å². The summed E-state index contributed by atoms with van der Waals surface area (Å²) in [5, 5.41) is 10.4. The summed E-state index contributed by atoms with van der Waals surface area (Å²) < 4.78 is 5.11. The second kappa shape index (κ2) is 9.32. The van der Waals surface area contributed by atoms with Crippen molar-refractivity contribution in [3.05, 3.63) is 41.0 Å². The predicted octanol–water partition coefficient (Wildman–Crippen LogP) is 2.71. The van der Waals surface area contributed by atoms with Crippen LogP contribution >= 0.6 is 11.8 Å². The zero-order chi connectivity index (χ0) is 17.4. The molecule has 0 saturated heterocycles. The van der Waals surface area contributed by atoms with Crippen LogP contribution in [-0.4, -0.2) is 35.4 Å². The van der Waals surface area contributed by atoms with Crippen molar-refractivity contribution in [2.24, 2.45) is 4.99 Å². The molecule has 0 fully saturated rings. The number of aliphatic imine (C=N–C) groups is 1. The van der Waals surface area contributed by atoms with Crippen LogP contribution in [0.5, 0.6) is 0 Å². The highest BCUT2D eigenvalue weighted by atomic mass is 32.2. The first-order valence-corrected chi connectivity index (χ1v) is 9.29. The lowest BCUT2D eigenvalue weighted by Crippen LogP contribution is -2.38. The van der Waals surface area contributed by atoms with Gasteiger partial charge in [-0.05, 0) is 44.2 Å². The van der Waals surface area contributed by atoms with Crippen LogP contribution in [0.1, 0.15) is 29.8 Å². The number of hydrogen-bond donors (Lipinski definition) is 2. The highest BCUT2D eigenvalue weighted by Gasteiger charge is 2.05. The number of nitrogens with one attached hydrogen (secondary N) is 2. The third kappa shape index (κ3) is 5.56. The molecular formula is C17H25N5OS. The first-order chi connectivity index (χ1) is 11.6. The first-order valence-electron chi connectivity index (χ1n) is 8.07. The van der Waals surface area contributed by atoms with Crippen molar-refractivity contribution in [3.63, 3.8) is 0 Å². The van der Waals surface area contributed by atoms with Gasteiger partial charge in [-0.1, -0.05) is 17.3 Å². The van der Waals surface area contributed by atoms with E-state index >= 15 is 0 Å². The number of nitrogens with zero attached hydrogens (tertiary/aromatic N) is 3. The molecule has 0 unspecified atom stereocenters. The number of guanidine groups is 1. The van der Waals surface area contributed by atoms with E-state index in [1.165, 1.54) is 16.0 Å². The number of benzene rings is 1. The molecule has 0 aliphatic heterocycles. The van der Waals surface area contributed by atoms with Crippen molar-refractivity contribution in [2.45, 2.75) is 38.6 Å². The maximum Gasteiger partial charge on any atom is 0.228 e. The van der Waals surface area contributed by atoms with Crippen molar-refractivity contribution in [3.8, 4) is 0 Å². The van der Waals surface area contributed by atoms with E-state index in [9.17, 15) is 0 Å². The quantitative estimate of drug-likeness (QED) is 0.456. The lowest BCUT2D eigenvalue weighted by molar-refractivity contribution is 0.374. The molecular weight excluding hydrogens is 322 g/mol. The van der Waals surface area contributed by atoms with E-state index in [-0.39, 0.29) is 0 Å². The highest BCUT2D eigenvalue weighted by Crippen LogP contribution is 2.22. The van der Waals surface area contributed by atoms with E-state index in [2.05, 4.69) is 64.1 Å². The third-order valence-electron chi connectivity index (χ3n) is 3.40. The van der Waals surface area contributed by atoms with Crippen LogP contribution in [0, 0.1) is 13.8 Å². The highest BCUT2D eigenvalue weighted by molar-refractivity contribution is 7.98. The summed E-state index contributed by atoms with van der Waals surface area (Å²) in [4.78, 5) is 10.1. The summed E-state index contributed by atoms with van der Waals surface area (Å²) in [5.74, 6) is 2.09. The summed E-state index contributed by atoms with van der Waals surface area (Å²) >= 11 is 1.75. The maximum atomic E-state index is 5.11. The smallest absolute Gasteiger partial charge is 0.228 e. The van der Waals surface area contributed by atoms with E-state index in [1.54, 1.807) is 11.8 Å². The second-order valence-corrected chi connectivity index (χ2v) is 6.27. The summed E-state index contributed by atoms with van der Waals surface area (Å²) in [6, 6.07) is 6.48. The molecule has 1 aromatic carbocycles. The molecule has 2 N–H and O–H groups in total. The molecule has 0 radical (unpaired) electrons. The Labute approximate surface area is 147 Å². The molecule has 0 bridgehead atoms. The van der Waals surface area contributed by atoms with Crippen LogP contribution < -0.4 is 10.6 Å². The first kappa shape index (κ1) is 18.3. The number of aryl methyl sites for hydroxylation is 2. The Morgan fingerprint density at radius 1 is 1.29 bits per heavy atom. The van der Waals surface area contributed by atoms with E-state index in [0.29, 0.717) is 31.2 Å².